The number of hydrogen-bond acceptors (Lipinski definition) is 7. The van der Waals surface area contributed by atoms with Crippen molar-refractivity contribution in [2.45, 2.75) is 51.7 Å². The monoisotopic (exact) mass is 731 g/mol. The van der Waals surface area contributed by atoms with Crippen LogP contribution in [-0.4, -0.2) is 92.9 Å². The second-order valence-corrected chi connectivity index (χ2v) is 15.3. The van der Waals surface area contributed by atoms with E-state index in [9.17, 15) is 19.5 Å². The van der Waals surface area contributed by atoms with Crippen LogP contribution < -0.4 is 5.32 Å². The number of carbonyl (C=O) groups excluding carboxylic acids is 2. The van der Waals surface area contributed by atoms with Crippen molar-refractivity contribution in [2.24, 2.45) is 17.8 Å². The number of hydrogen-bond donors (Lipinski definition) is 4. The number of nitrogens with zero attached hydrogens (tertiary/aromatic N) is 4. The fourth-order valence-corrected chi connectivity index (χ4v) is 8.49. The molecule has 0 radical (unpaired) electrons. The molecule has 0 aliphatic carbocycles. The van der Waals surface area contributed by atoms with Gasteiger partial charge in [0.1, 0.15) is 17.7 Å². The van der Waals surface area contributed by atoms with E-state index in [1.165, 1.54) is 12.0 Å². The maximum absolute atomic E-state index is 13.8. The van der Waals surface area contributed by atoms with Crippen molar-refractivity contribution in [3.63, 3.8) is 0 Å². The zero-order valence-electron chi connectivity index (χ0n) is 31.1. The van der Waals surface area contributed by atoms with Crippen LogP contribution in [0.1, 0.15) is 57.3 Å². The number of carboxylic acid groups (broad SMARTS) is 1. The largest absolute Gasteiger partial charge is 0.465 e. The minimum Gasteiger partial charge on any atom is -0.465 e. The highest BCUT2D eigenvalue weighted by Crippen LogP contribution is 2.39. The zero-order valence-corrected chi connectivity index (χ0v) is 31.1. The number of carbonyl (C=O) groups is 3. The molecule has 0 bridgehead atoms. The van der Waals surface area contributed by atoms with Crippen molar-refractivity contribution in [3.8, 4) is 11.1 Å². The quantitative estimate of drug-likeness (QED) is 0.126. The van der Waals surface area contributed by atoms with Gasteiger partial charge < -0.3 is 34.8 Å². The molecular weight excluding hydrogens is 686 g/mol. The van der Waals surface area contributed by atoms with Crippen LogP contribution in [0.3, 0.4) is 0 Å². The zero-order chi connectivity index (χ0) is 37.8. The first-order chi connectivity index (χ1) is 26.0. The number of aromatic amines is 2. The fourth-order valence-electron chi connectivity index (χ4n) is 8.49. The Balaban J connectivity index is 1.08. The normalized spacial score (nSPS) is 20.9. The van der Waals surface area contributed by atoms with Crippen molar-refractivity contribution < 1.29 is 29.0 Å². The van der Waals surface area contributed by atoms with E-state index in [1.807, 2.05) is 30.9 Å². The van der Waals surface area contributed by atoms with Crippen LogP contribution in [0.2, 0.25) is 0 Å². The Morgan fingerprint density at radius 1 is 0.833 bits per heavy atom. The van der Waals surface area contributed by atoms with E-state index in [2.05, 4.69) is 70.7 Å². The molecule has 13 heteroatoms. The maximum atomic E-state index is 13.8. The summed E-state index contributed by atoms with van der Waals surface area (Å²) >= 11 is 0. The molecule has 280 valence electrons. The molecule has 5 atom stereocenters. The molecular formula is C41H45N7O6. The summed E-state index contributed by atoms with van der Waals surface area (Å²) in [6.07, 6.45) is -0.158. The molecule has 4 heterocycles. The number of benzene rings is 4. The summed E-state index contributed by atoms with van der Waals surface area (Å²) in [5, 5.41) is 16.7. The number of likely N-dealkylation sites (tertiary alicyclic amines) is 2. The van der Waals surface area contributed by atoms with E-state index in [0.717, 1.165) is 67.0 Å². The second-order valence-electron chi connectivity index (χ2n) is 15.3. The minimum absolute atomic E-state index is 0.118. The smallest absolute Gasteiger partial charge is 0.407 e. The number of methoxy groups -OCH3 is 2. The molecule has 6 aromatic rings. The Bertz CT molecular complexity index is 2420. The van der Waals surface area contributed by atoms with Gasteiger partial charge in [-0.15, -0.1) is 0 Å². The van der Waals surface area contributed by atoms with Crippen molar-refractivity contribution in [1.29, 1.82) is 0 Å². The number of ether oxygens (including phenoxy) is 2. The number of aromatic nitrogens is 4. The second kappa shape index (κ2) is 13.9. The van der Waals surface area contributed by atoms with Gasteiger partial charge in [-0.05, 0) is 70.8 Å². The van der Waals surface area contributed by atoms with Crippen molar-refractivity contribution in [1.82, 2.24) is 35.1 Å². The van der Waals surface area contributed by atoms with Crippen molar-refractivity contribution in [3.05, 3.63) is 72.3 Å². The number of H-pyrrole nitrogens is 2. The van der Waals surface area contributed by atoms with E-state index >= 15 is 0 Å². The van der Waals surface area contributed by atoms with Gasteiger partial charge in [0, 0.05) is 36.9 Å². The first-order valence-electron chi connectivity index (χ1n) is 18.5. The number of imidazole rings is 2. The summed E-state index contributed by atoms with van der Waals surface area (Å²) < 4.78 is 10.1. The highest BCUT2D eigenvalue weighted by atomic mass is 16.5. The lowest BCUT2D eigenvalue weighted by Gasteiger charge is -2.30. The molecule has 13 nitrogen and oxygen atoms in total. The molecule has 2 aliphatic heterocycles. The van der Waals surface area contributed by atoms with Crippen LogP contribution in [0.5, 0.6) is 0 Å². The van der Waals surface area contributed by atoms with Gasteiger partial charge in [-0.2, -0.15) is 0 Å². The highest BCUT2D eigenvalue weighted by Gasteiger charge is 2.41. The Kier molecular flexibility index (Phi) is 9.13. The molecule has 8 rings (SSSR count). The summed E-state index contributed by atoms with van der Waals surface area (Å²) in [5.74, 6) is 1.52. The molecule has 54 heavy (non-hydrogen) atoms. The lowest BCUT2D eigenvalue weighted by molar-refractivity contribution is -0.135. The van der Waals surface area contributed by atoms with Crippen LogP contribution in [0.4, 0.5) is 9.59 Å². The third-order valence-electron chi connectivity index (χ3n) is 11.2. The minimum atomic E-state index is -0.953. The molecule has 0 saturated carbocycles. The molecule has 2 unspecified atom stereocenters. The van der Waals surface area contributed by atoms with E-state index in [1.54, 1.807) is 7.11 Å². The average Bonchev–Trinajstić information content (AvgIpc) is 3.97. The van der Waals surface area contributed by atoms with Crippen LogP contribution in [0.15, 0.2) is 60.7 Å². The number of alkyl carbamates (subject to hydrolysis) is 1. The molecule has 4 aromatic carbocycles. The Morgan fingerprint density at radius 3 is 1.93 bits per heavy atom. The average molecular weight is 732 g/mol. The van der Waals surface area contributed by atoms with Gasteiger partial charge in [-0.1, -0.05) is 57.2 Å². The fraction of sp³-hybridized carbons (Fsp3) is 0.390. The van der Waals surface area contributed by atoms with Gasteiger partial charge >= 0.3 is 12.2 Å². The molecule has 0 spiro atoms. The van der Waals surface area contributed by atoms with Gasteiger partial charge in [0.05, 0.1) is 47.9 Å². The molecule has 3 amide bonds. The molecule has 4 N–H and O–H groups in total. The number of rotatable bonds is 8. The Hall–Kier alpha value is -5.69. The predicted octanol–water partition coefficient (Wildman–Crippen LogP) is 7.39. The standard InChI is InChI=1S/C41H45N7O6/c1-21(2)34(46-40(50)54-5)39(49)47-18-22(3)14-32(47)37-42-30-12-8-26-16-24(6-10-28(26)35(30)44-37)25-7-11-29-27(17-25)9-13-31-36(29)45-38(43-31)33-15-23(20-53-4)19-48(33)41(51)52/h6-13,16-17,21-23,32-34H,14-15,18-20H2,1-5H3,(H,42,44)(H,43,45)(H,46,50)(H,51,52)/t22-,23?,32-,33?,34-/m0/s1. The molecule has 2 aromatic heterocycles. The van der Waals surface area contributed by atoms with Gasteiger partial charge in [0.15, 0.2) is 0 Å². The van der Waals surface area contributed by atoms with E-state index in [0.29, 0.717) is 31.9 Å². The van der Waals surface area contributed by atoms with Crippen molar-refractivity contribution in [2.75, 3.05) is 33.9 Å². The SMILES string of the molecule is COCC1CC(c2nc3c(ccc4cc(-c5ccc6c(ccc7[nH]c([C@@H]8C[C@H](C)CN8C(=O)[C@@H](NC(=O)OC)C(C)C)nc76)c5)ccc43)[nH]2)N(C(=O)O)C1. The van der Waals surface area contributed by atoms with Crippen molar-refractivity contribution >= 4 is 61.7 Å². The third kappa shape index (κ3) is 6.25. The molecule has 2 fully saturated rings. The summed E-state index contributed by atoms with van der Waals surface area (Å²) in [6.45, 7) is 7.45. The summed E-state index contributed by atoms with van der Waals surface area (Å²) in [6, 6.07) is 19.6. The van der Waals surface area contributed by atoms with Gasteiger partial charge in [-0.25, -0.2) is 19.6 Å². The maximum Gasteiger partial charge on any atom is 0.407 e. The lowest BCUT2D eigenvalue weighted by Crippen LogP contribution is -2.51. The van der Waals surface area contributed by atoms with Crippen LogP contribution >= 0.6 is 0 Å². The van der Waals surface area contributed by atoms with Crippen LogP contribution in [-0.2, 0) is 14.3 Å². The summed E-state index contributed by atoms with van der Waals surface area (Å²) in [5.41, 5.74) is 5.57. The first-order valence-corrected chi connectivity index (χ1v) is 18.5. The number of fused-ring (bicyclic) bond motifs is 6. The Labute approximate surface area is 312 Å². The number of nitrogens with one attached hydrogen (secondary N) is 3. The summed E-state index contributed by atoms with van der Waals surface area (Å²) in [4.78, 5) is 58.2. The van der Waals surface area contributed by atoms with Gasteiger partial charge in [0.25, 0.3) is 0 Å². The van der Waals surface area contributed by atoms with Crippen LogP contribution in [0.25, 0.3) is 54.7 Å². The first kappa shape index (κ1) is 35.3. The Morgan fingerprint density at radius 2 is 1.41 bits per heavy atom. The lowest BCUT2D eigenvalue weighted by atomic mass is 9.98. The van der Waals surface area contributed by atoms with E-state index in [4.69, 9.17) is 19.4 Å². The predicted molar refractivity (Wildman–Crippen MR) is 206 cm³/mol. The van der Waals surface area contributed by atoms with Gasteiger partial charge in [-0.3, -0.25) is 9.69 Å². The third-order valence-corrected chi connectivity index (χ3v) is 11.2. The summed E-state index contributed by atoms with van der Waals surface area (Å²) in [7, 11) is 2.94. The van der Waals surface area contributed by atoms with Crippen LogP contribution in [0, 0.1) is 17.8 Å². The van der Waals surface area contributed by atoms with E-state index in [-0.39, 0.29) is 35.7 Å². The molecule has 2 aliphatic rings. The highest BCUT2D eigenvalue weighted by molar-refractivity contribution is 6.07. The molecule has 2 saturated heterocycles. The van der Waals surface area contributed by atoms with E-state index < -0.39 is 18.2 Å². The van der Waals surface area contributed by atoms with Gasteiger partial charge in [0.2, 0.25) is 5.91 Å². The topological polar surface area (TPSA) is 166 Å². The number of amides is 3.